The van der Waals surface area contributed by atoms with Gasteiger partial charge in [-0.3, -0.25) is 5.43 Å². The second-order valence-electron chi connectivity index (χ2n) is 20.7. The number of para-hydroxylation sites is 2. The number of anilines is 3. The van der Waals surface area contributed by atoms with Crippen LogP contribution in [-0.4, -0.2) is 74.5 Å². The quantitative estimate of drug-likeness (QED) is 0.0210. The largest absolute Gasteiger partial charge is 0.416 e. The molecule has 2 aliphatic carbocycles. The molecule has 0 unspecified atom stereocenters. The lowest BCUT2D eigenvalue weighted by Crippen LogP contribution is -2.32. The van der Waals surface area contributed by atoms with Crippen LogP contribution >= 0.6 is 0 Å². The first-order valence-corrected chi connectivity index (χ1v) is 27.5. The van der Waals surface area contributed by atoms with E-state index in [0.29, 0.717) is 24.6 Å². The van der Waals surface area contributed by atoms with E-state index in [1.165, 1.54) is 62.3 Å². The molecule has 0 atom stereocenters. The second-order valence-corrected chi connectivity index (χ2v) is 20.7. The lowest BCUT2D eigenvalue weighted by molar-refractivity contribution is -0.144. The monoisotopic (exact) mass is 1200 g/mol. The minimum atomic E-state index is -4.96. The number of hydrogen-bond acceptors (Lipinski definition) is 12. The highest BCUT2D eigenvalue weighted by Gasteiger charge is 2.39. The van der Waals surface area contributed by atoms with Gasteiger partial charge < -0.3 is 19.8 Å². The number of fused-ring (bicyclic) bond motifs is 2. The molecule has 0 bridgehead atoms. The average molecular weight is 1200 g/mol. The Hall–Kier alpha value is -7.68. The van der Waals surface area contributed by atoms with Crippen molar-refractivity contribution in [3.8, 4) is 0 Å². The van der Waals surface area contributed by atoms with E-state index in [-0.39, 0.29) is 54.9 Å². The Morgan fingerprint density at radius 1 is 0.612 bits per heavy atom. The van der Waals surface area contributed by atoms with Crippen LogP contribution < -0.4 is 26.0 Å². The van der Waals surface area contributed by atoms with Crippen LogP contribution in [0.3, 0.4) is 0 Å². The lowest BCUT2D eigenvalue weighted by atomic mass is 10.0. The zero-order valence-corrected chi connectivity index (χ0v) is 47.1. The molecule has 458 valence electrons. The molecule has 2 saturated carbocycles. The first kappa shape index (κ1) is 64.9. The third-order valence-corrected chi connectivity index (χ3v) is 14.5. The standard InChI is InChI=1S/C29H31F6N7.C18H24N2O.C11H11F6N5/c1-3-41(16-19-8-4-5-9-19)26-22(14-21-10-6-7-11-25(21)36-26)18-42(27-37-39-40(2)38-27)17-20-12-23(28(30,31)32)15-24(13-20)29(33,34)35;1-2-20(12-14-7-3-4-8-14)18-16(13-21)11-15-9-5-6-10-17(15)19-18;1-19-22-9(21-18)20-5-6-2-7(10(12,13)14)4-8(3-6)11(15,16)17/h6-7,10-15,19H,3-5,8-9,16-18H2,1-2H3;5-6,9-11,14,21H,2-4,7-8,12-13H2,1H3;2-4H,5,18H2,1H3,(H,20,21). The predicted molar refractivity (Wildman–Crippen MR) is 300 cm³/mol. The van der Waals surface area contributed by atoms with Gasteiger partial charge in [-0.25, -0.2) is 20.8 Å². The molecule has 0 amide bonds. The van der Waals surface area contributed by atoms with Gasteiger partial charge in [0.1, 0.15) is 11.6 Å². The van der Waals surface area contributed by atoms with Gasteiger partial charge in [0.25, 0.3) is 11.9 Å². The van der Waals surface area contributed by atoms with Gasteiger partial charge in [-0.2, -0.15) is 62.6 Å². The van der Waals surface area contributed by atoms with Gasteiger partial charge in [-0.05, 0) is 128 Å². The molecule has 2 aliphatic rings. The number of nitrogens with zero attached hydrogens (tertiary/aromatic N) is 12. The molecule has 85 heavy (non-hydrogen) atoms. The van der Waals surface area contributed by atoms with Crippen LogP contribution in [-0.2, 0) is 58.0 Å². The SMILES string of the molecule is CCN(CC1CCCC1)c1nc2ccccc2cc1CN(Cc1cc(C(F)(F)F)cc(C(F)(F)F)c1)c1nnn(C)n1.CCN(CC1CCCC1)c1nc2ccccc2cc1CO.CN=NC(=NCc1cc(C(F)(F)F)cc(C(F)(F)F)c1)NN. The van der Waals surface area contributed by atoms with E-state index in [9.17, 15) is 57.8 Å². The van der Waals surface area contributed by atoms with Gasteiger partial charge >= 0.3 is 24.7 Å². The summed E-state index contributed by atoms with van der Waals surface area (Å²) in [6.07, 6.45) is -9.70. The third-order valence-electron chi connectivity index (χ3n) is 14.5. The van der Waals surface area contributed by atoms with E-state index >= 15 is 0 Å². The molecule has 3 aromatic heterocycles. The number of tetrazole rings is 1. The number of azo groups is 1. The highest BCUT2D eigenvalue weighted by molar-refractivity contribution is 5.83. The molecule has 4 aromatic carbocycles. The minimum Gasteiger partial charge on any atom is -0.392 e. The number of nitrogens with two attached hydrogens (primary N) is 1. The Kier molecular flexibility index (Phi) is 21.7. The summed E-state index contributed by atoms with van der Waals surface area (Å²) in [4.78, 5) is 20.7. The Labute approximate surface area is 483 Å². The Bertz CT molecular complexity index is 3310. The fourth-order valence-corrected chi connectivity index (χ4v) is 10.4. The van der Waals surface area contributed by atoms with Crippen molar-refractivity contribution in [1.82, 2.24) is 35.6 Å². The van der Waals surface area contributed by atoms with Gasteiger partial charge in [0, 0.05) is 68.2 Å². The molecule has 0 spiro atoms. The number of aryl methyl sites for hydroxylation is 1. The maximum absolute atomic E-state index is 13.6. The third kappa shape index (κ3) is 17.9. The fraction of sp³-hybridized carbons (Fsp3) is 0.448. The molecule has 7 aromatic rings. The summed E-state index contributed by atoms with van der Waals surface area (Å²) in [5, 5.41) is 30.5. The summed E-state index contributed by atoms with van der Waals surface area (Å²) in [6, 6.07) is 22.6. The van der Waals surface area contributed by atoms with Crippen molar-refractivity contribution >= 4 is 45.3 Å². The predicted octanol–water partition coefficient (Wildman–Crippen LogP) is 13.9. The first-order chi connectivity index (χ1) is 40.3. The number of hydrogen-bond donors (Lipinski definition) is 3. The Morgan fingerprint density at radius 2 is 1.05 bits per heavy atom. The van der Waals surface area contributed by atoms with Crippen LogP contribution in [0, 0.1) is 11.8 Å². The number of rotatable bonds is 16. The number of aromatic nitrogens is 6. The van der Waals surface area contributed by atoms with Crippen LogP contribution in [0.5, 0.6) is 0 Å². The Morgan fingerprint density at radius 3 is 1.45 bits per heavy atom. The van der Waals surface area contributed by atoms with Gasteiger partial charge in [0.05, 0.1) is 53.5 Å². The highest BCUT2D eigenvalue weighted by Crippen LogP contribution is 2.39. The van der Waals surface area contributed by atoms with Crippen LogP contribution in [0.4, 0.5) is 70.3 Å². The topological polar surface area (TPSA) is 174 Å². The van der Waals surface area contributed by atoms with Gasteiger partial charge in [-0.15, -0.1) is 10.2 Å². The minimum absolute atomic E-state index is 0.0427. The molecule has 0 aliphatic heterocycles. The second kappa shape index (κ2) is 28.5. The van der Waals surface area contributed by atoms with Crippen molar-refractivity contribution in [2.75, 3.05) is 47.9 Å². The van der Waals surface area contributed by atoms with E-state index in [1.807, 2.05) is 60.9 Å². The maximum atomic E-state index is 13.6. The van der Waals surface area contributed by atoms with Crippen molar-refractivity contribution < 1.29 is 57.8 Å². The smallest absolute Gasteiger partial charge is 0.392 e. The number of nitrogens with one attached hydrogen (secondary N) is 1. The average Bonchev–Trinajstić information content (AvgIpc) is 4.34. The maximum Gasteiger partial charge on any atom is 0.416 e. The van der Waals surface area contributed by atoms with Gasteiger partial charge in [0.15, 0.2) is 0 Å². The number of benzene rings is 4. The molecule has 27 heteroatoms. The summed E-state index contributed by atoms with van der Waals surface area (Å²) in [6.45, 7) is 7.04. The van der Waals surface area contributed by atoms with Crippen molar-refractivity contribution in [2.45, 2.75) is 116 Å². The molecule has 15 nitrogen and oxygen atoms in total. The Balaban J connectivity index is 0.000000202. The van der Waals surface area contributed by atoms with Gasteiger partial charge in [0.2, 0.25) is 0 Å². The van der Waals surface area contributed by atoms with Crippen LogP contribution in [0.15, 0.2) is 112 Å². The van der Waals surface area contributed by atoms with Crippen molar-refractivity contribution in [3.05, 3.63) is 142 Å². The number of hydrazine groups is 1. The summed E-state index contributed by atoms with van der Waals surface area (Å²) in [5.41, 5.74) is -0.542. The van der Waals surface area contributed by atoms with Crippen molar-refractivity contribution in [3.63, 3.8) is 0 Å². The number of halogens is 12. The molecule has 0 radical (unpaired) electrons. The van der Waals surface area contributed by atoms with Crippen LogP contribution in [0.2, 0.25) is 0 Å². The molecular formula is C58H66F12N14O. The normalized spacial score (nSPS) is 14.6. The zero-order chi connectivity index (χ0) is 61.7. The summed E-state index contributed by atoms with van der Waals surface area (Å²) >= 11 is 0. The van der Waals surface area contributed by atoms with Crippen LogP contribution in [0.1, 0.15) is 110 Å². The fourth-order valence-electron chi connectivity index (χ4n) is 10.4. The van der Waals surface area contributed by atoms with Crippen LogP contribution in [0.25, 0.3) is 21.8 Å². The number of guanidine groups is 1. The van der Waals surface area contributed by atoms with E-state index < -0.39 is 53.5 Å². The van der Waals surface area contributed by atoms with Crippen molar-refractivity contribution in [1.29, 1.82) is 0 Å². The first-order valence-electron chi connectivity index (χ1n) is 27.5. The van der Waals surface area contributed by atoms with E-state index in [1.54, 1.807) is 0 Å². The molecular weight excluding hydrogens is 1140 g/mol. The molecule has 4 N–H and O–H groups in total. The number of aliphatic hydroxyl groups excluding tert-OH is 1. The molecule has 0 saturated heterocycles. The molecule has 2 fully saturated rings. The summed E-state index contributed by atoms with van der Waals surface area (Å²) < 4.78 is 158. The summed E-state index contributed by atoms with van der Waals surface area (Å²) in [5.74, 6) is 7.86. The summed E-state index contributed by atoms with van der Waals surface area (Å²) in [7, 11) is 2.82. The van der Waals surface area contributed by atoms with Gasteiger partial charge in [-0.1, -0.05) is 67.2 Å². The zero-order valence-electron chi connectivity index (χ0n) is 47.1. The number of aliphatic hydroxyl groups is 1. The van der Waals surface area contributed by atoms with E-state index in [2.05, 4.69) is 59.5 Å². The number of alkyl halides is 12. The highest BCUT2D eigenvalue weighted by atomic mass is 19.4. The van der Waals surface area contributed by atoms with E-state index in [4.69, 9.17) is 15.8 Å². The molecule has 9 rings (SSSR count). The van der Waals surface area contributed by atoms with E-state index in [0.717, 1.165) is 95.1 Å². The number of pyridine rings is 2. The van der Waals surface area contributed by atoms with Crippen molar-refractivity contribution in [2.24, 2.45) is 39.9 Å². The lowest BCUT2D eigenvalue weighted by Gasteiger charge is -2.30. The number of aliphatic imine (C=N–C) groups is 1. The molecule has 3 heterocycles.